The third kappa shape index (κ3) is 12.0. The number of hydrogen-bond donors (Lipinski definition) is 2. The third-order valence-electron chi connectivity index (χ3n) is 0.1000. The minimum atomic E-state index is 0. The van der Waals surface area contributed by atoms with Gasteiger partial charge in [-0.15, -0.1) is 0 Å². The first-order chi connectivity index (χ1) is 1.91. The van der Waals surface area contributed by atoms with Crippen molar-refractivity contribution in [3.05, 3.63) is 0 Å². The Morgan fingerprint density at radius 3 is 1.80 bits per heavy atom. The molecule has 0 unspecified atom stereocenters. The van der Waals surface area contributed by atoms with Crippen molar-refractivity contribution in [1.29, 1.82) is 0 Å². The van der Waals surface area contributed by atoms with Crippen LogP contribution in [0.2, 0.25) is 0 Å². The van der Waals surface area contributed by atoms with Crippen LogP contribution < -0.4 is 0 Å². The molecule has 0 aromatic rings. The number of aliphatic hydroxyl groups is 1. The van der Waals surface area contributed by atoms with Crippen molar-refractivity contribution in [3.8, 4) is 0 Å². The van der Waals surface area contributed by atoms with Crippen LogP contribution in [0.3, 0.4) is 0 Å². The molecular weight excluding hydrogens is 104 g/mol. The monoisotopic (exact) mass is 112 g/mol. The molecule has 0 aliphatic rings. The maximum atomic E-state index is 7.80. The van der Waals surface area contributed by atoms with Crippen molar-refractivity contribution in [3.63, 3.8) is 0 Å². The lowest BCUT2D eigenvalue weighted by Crippen LogP contribution is -1.76. The molecule has 0 rings (SSSR count). The maximum absolute atomic E-state index is 7.80. The molecule has 5 heavy (non-hydrogen) atoms. The summed E-state index contributed by atoms with van der Waals surface area (Å²) >= 11 is 3.67. The molecule has 0 aliphatic carbocycles. The van der Waals surface area contributed by atoms with Gasteiger partial charge in [0.05, 0.1) is 6.61 Å². The summed E-state index contributed by atoms with van der Waals surface area (Å²) in [5.74, 6) is 0.569. The van der Waals surface area contributed by atoms with E-state index in [1.54, 1.807) is 0 Å². The topological polar surface area (TPSA) is 20.2 Å². The van der Waals surface area contributed by atoms with Crippen molar-refractivity contribution < 1.29 is 5.11 Å². The average molecular weight is 112 g/mol. The number of aliphatic hydroxyl groups excluding tert-OH is 1. The predicted octanol–water partition coefficient (Wildman–Crippen LogP) is 0.0213. The Kier molecular flexibility index (Phi) is 16.2. The van der Waals surface area contributed by atoms with Gasteiger partial charge in [0.25, 0.3) is 0 Å². The maximum Gasteiger partial charge on any atom is 0.0519 e. The summed E-state index contributed by atoms with van der Waals surface area (Å²) in [7, 11) is 0. The summed E-state index contributed by atoms with van der Waals surface area (Å²) in [4.78, 5) is 0. The second kappa shape index (κ2) is 8.82. The standard InChI is InChI=1S/C2H6OS.H2S/c3-1-2-4;/h3-4H,1-2H2;1H2. The largest absolute Gasteiger partial charge is 0.396 e. The van der Waals surface area contributed by atoms with Gasteiger partial charge in [-0.25, -0.2) is 0 Å². The molecular formula is C2H8OS2. The van der Waals surface area contributed by atoms with E-state index in [2.05, 4.69) is 12.6 Å². The van der Waals surface area contributed by atoms with Gasteiger partial charge in [0, 0.05) is 5.75 Å². The van der Waals surface area contributed by atoms with Crippen LogP contribution in [-0.2, 0) is 0 Å². The van der Waals surface area contributed by atoms with E-state index in [4.69, 9.17) is 5.11 Å². The second-order valence-corrected chi connectivity index (χ2v) is 0.894. The summed E-state index contributed by atoms with van der Waals surface area (Å²) < 4.78 is 0. The highest BCUT2D eigenvalue weighted by atomic mass is 32.1. The van der Waals surface area contributed by atoms with Gasteiger partial charge in [-0.3, -0.25) is 0 Å². The van der Waals surface area contributed by atoms with E-state index in [1.807, 2.05) is 0 Å². The molecule has 0 heterocycles. The Morgan fingerprint density at radius 2 is 1.80 bits per heavy atom. The Bertz CT molecular complexity index is 9.61. The molecule has 0 bridgehead atoms. The highest BCUT2D eigenvalue weighted by Gasteiger charge is 1.57. The molecule has 0 radical (unpaired) electrons. The smallest absolute Gasteiger partial charge is 0.0519 e. The first kappa shape index (κ1) is 9.18. The Morgan fingerprint density at radius 1 is 1.60 bits per heavy atom. The summed E-state index contributed by atoms with van der Waals surface area (Å²) in [6, 6.07) is 0. The fraction of sp³-hybridized carbons (Fsp3) is 1.00. The second-order valence-electron chi connectivity index (χ2n) is 0.447. The third-order valence-corrected chi connectivity index (χ3v) is 0.300. The molecule has 34 valence electrons. The van der Waals surface area contributed by atoms with Crippen LogP contribution in [0.5, 0.6) is 0 Å². The lowest BCUT2D eigenvalue weighted by molar-refractivity contribution is 0.323. The van der Waals surface area contributed by atoms with Crippen LogP contribution >= 0.6 is 26.1 Å². The van der Waals surface area contributed by atoms with Gasteiger partial charge in [0.1, 0.15) is 0 Å². The lowest BCUT2D eigenvalue weighted by Gasteiger charge is -1.69. The van der Waals surface area contributed by atoms with Gasteiger partial charge in [-0.2, -0.15) is 26.1 Å². The van der Waals surface area contributed by atoms with Crippen LogP contribution in [0.1, 0.15) is 0 Å². The highest BCUT2D eigenvalue weighted by Crippen LogP contribution is 1.61. The van der Waals surface area contributed by atoms with E-state index >= 15 is 0 Å². The van der Waals surface area contributed by atoms with Crippen LogP contribution in [0.25, 0.3) is 0 Å². The zero-order valence-corrected chi connectivity index (χ0v) is 4.70. The van der Waals surface area contributed by atoms with Gasteiger partial charge in [0.15, 0.2) is 0 Å². The zero-order valence-electron chi connectivity index (χ0n) is 2.81. The van der Waals surface area contributed by atoms with Crippen molar-refractivity contribution in [1.82, 2.24) is 0 Å². The van der Waals surface area contributed by atoms with E-state index < -0.39 is 0 Å². The van der Waals surface area contributed by atoms with E-state index in [0.29, 0.717) is 5.75 Å². The van der Waals surface area contributed by atoms with Gasteiger partial charge in [0.2, 0.25) is 0 Å². The number of rotatable bonds is 1. The molecule has 3 heteroatoms. The van der Waals surface area contributed by atoms with E-state index in [0.717, 1.165) is 0 Å². The minimum absolute atomic E-state index is 0. The van der Waals surface area contributed by atoms with Crippen LogP contribution in [0.4, 0.5) is 0 Å². The van der Waals surface area contributed by atoms with Crippen molar-refractivity contribution in [2.45, 2.75) is 0 Å². The Balaban J connectivity index is 0. The Hall–Kier alpha value is 0.660. The first-order valence-electron chi connectivity index (χ1n) is 1.13. The lowest BCUT2D eigenvalue weighted by atomic mass is 10.9. The SMILES string of the molecule is OCCS.S. The van der Waals surface area contributed by atoms with Crippen molar-refractivity contribution in [2.24, 2.45) is 0 Å². The van der Waals surface area contributed by atoms with Crippen LogP contribution in [0.15, 0.2) is 0 Å². The van der Waals surface area contributed by atoms with E-state index in [9.17, 15) is 0 Å². The number of thiol groups is 1. The predicted molar refractivity (Wildman–Crippen MR) is 31.3 cm³/mol. The molecule has 0 aliphatic heterocycles. The fourth-order valence-electron chi connectivity index (χ4n) is 0. The van der Waals surface area contributed by atoms with Gasteiger partial charge >= 0.3 is 0 Å². The normalized spacial score (nSPS) is 6.00. The van der Waals surface area contributed by atoms with Crippen LogP contribution in [-0.4, -0.2) is 17.5 Å². The van der Waals surface area contributed by atoms with Gasteiger partial charge in [-0.1, -0.05) is 0 Å². The molecule has 0 fully saturated rings. The van der Waals surface area contributed by atoms with Crippen molar-refractivity contribution in [2.75, 3.05) is 12.4 Å². The average Bonchev–Trinajstić information content (AvgIpc) is 1.37. The summed E-state index contributed by atoms with van der Waals surface area (Å²) in [5, 5.41) is 7.80. The molecule has 0 saturated carbocycles. The van der Waals surface area contributed by atoms with E-state index in [1.165, 1.54) is 0 Å². The summed E-state index contributed by atoms with van der Waals surface area (Å²) in [6.45, 7) is 0.184. The number of hydrogen-bond acceptors (Lipinski definition) is 2. The molecule has 0 atom stereocenters. The Labute approximate surface area is 44.2 Å². The molecule has 0 saturated heterocycles. The first-order valence-corrected chi connectivity index (χ1v) is 1.76. The molecule has 0 spiro atoms. The quantitative estimate of drug-likeness (QED) is 0.458. The highest BCUT2D eigenvalue weighted by molar-refractivity contribution is 7.80. The fourth-order valence-corrected chi connectivity index (χ4v) is 0. The molecule has 1 N–H and O–H groups in total. The zero-order chi connectivity index (χ0) is 3.41. The van der Waals surface area contributed by atoms with E-state index in [-0.39, 0.29) is 20.1 Å². The molecule has 0 amide bonds. The summed E-state index contributed by atoms with van der Waals surface area (Å²) in [6.07, 6.45) is 0. The molecule has 0 aromatic heterocycles. The van der Waals surface area contributed by atoms with Gasteiger partial charge in [-0.05, 0) is 0 Å². The van der Waals surface area contributed by atoms with Gasteiger partial charge < -0.3 is 5.11 Å². The van der Waals surface area contributed by atoms with Crippen molar-refractivity contribution >= 4 is 26.1 Å². The minimum Gasteiger partial charge on any atom is -0.396 e. The molecule has 0 aromatic carbocycles. The summed E-state index contributed by atoms with van der Waals surface area (Å²) in [5.41, 5.74) is 0. The molecule has 1 nitrogen and oxygen atoms in total. The van der Waals surface area contributed by atoms with Crippen LogP contribution in [0, 0.1) is 0 Å².